The van der Waals surface area contributed by atoms with E-state index in [-0.39, 0.29) is 23.8 Å². The number of hydrogen-bond acceptors (Lipinski definition) is 2. The van der Waals surface area contributed by atoms with E-state index in [2.05, 4.69) is 38.1 Å². The second kappa shape index (κ2) is 6.58. The van der Waals surface area contributed by atoms with Crippen LogP contribution in [0.2, 0.25) is 0 Å². The van der Waals surface area contributed by atoms with Gasteiger partial charge in [0.15, 0.2) is 0 Å². The van der Waals surface area contributed by atoms with Crippen LogP contribution in [-0.2, 0) is 9.59 Å². The first-order chi connectivity index (χ1) is 11.4. The van der Waals surface area contributed by atoms with Crippen molar-refractivity contribution in [2.75, 3.05) is 20.1 Å². The third kappa shape index (κ3) is 3.19. The summed E-state index contributed by atoms with van der Waals surface area (Å²) in [6, 6.07) is 8.07. The maximum Gasteiger partial charge on any atom is 0.228 e. The van der Waals surface area contributed by atoms with Crippen molar-refractivity contribution in [1.29, 1.82) is 0 Å². The lowest BCUT2D eigenvalue weighted by atomic mass is 9.88. The van der Waals surface area contributed by atoms with Crippen LogP contribution in [0.1, 0.15) is 43.9 Å². The zero-order valence-electron chi connectivity index (χ0n) is 15.2. The highest BCUT2D eigenvalue weighted by Crippen LogP contribution is 2.39. The molecule has 0 aliphatic carbocycles. The van der Waals surface area contributed by atoms with Gasteiger partial charge >= 0.3 is 0 Å². The van der Waals surface area contributed by atoms with Crippen LogP contribution in [0.3, 0.4) is 0 Å². The molecule has 0 bridgehead atoms. The van der Waals surface area contributed by atoms with E-state index in [9.17, 15) is 9.59 Å². The van der Waals surface area contributed by atoms with E-state index in [1.807, 2.05) is 18.9 Å². The highest BCUT2D eigenvalue weighted by atomic mass is 16.2. The second-order valence-corrected chi connectivity index (χ2v) is 7.86. The summed E-state index contributed by atoms with van der Waals surface area (Å²) in [5.74, 6) is 1.02. The number of aryl methyl sites for hydroxylation is 1. The molecule has 2 aliphatic heterocycles. The molecule has 2 heterocycles. The first-order valence-corrected chi connectivity index (χ1v) is 8.97. The summed E-state index contributed by atoms with van der Waals surface area (Å²) in [5.41, 5.74) is 2.25. The Morgan fingerprint density at radius 2 is 1.67 bits per heavy atom. The first kappa shape index (κ1) is 17.0. The molecule has 3 rings (SSSR count). The SMILES string of the molecule is Cc1ccc([C@@H]2[C@H](C(=O)N3C[C@H](C)C[C@H](C)C3)CC(=O)N2C)cc1. The fraction of sp³-hybridized carbons (Fsp3) is 0.600. The Kier molecular flexibility index (Phi) is 4.66. The molecular formula is C20H28N2O2. The monoisotopic (exact) mass is 328 g/mol. The van der Waals surface area contributed by atoms with E-state index in [4.69, 9.17) is 0 Å². The van der Waals surface area contributed by atoms with Crippen LogP contribution in [-0.4, -0.2) is 41.8 Å². The van der Waals surface area contributed by atoms with E-state index >= 15 is 0 Å². The minimum absolute atomic E-state index is 0.0667. The molecular weight excluding hydrogens is 300 g/mol. The third-order valence-electron chi connectivity index (χ3n) is 5.50. The van der Waals surface area contributed by atoms with Crippen LogP contribution >= 0.6 is 0 Å². The van der Waals surface area contributed by atoms with Crippen LogP contribution in [0.25, 0.3) is 0 Å². The molecule has 1 aromatic carbocycles. The zero-order valence-corrected chi connectivity index (χ0v) is 15.2. The summed E-state index contributed by atoms with van der Waals surface area (Å²) in [5, 5.41) is 0. The molecule has 0 N–H and O–H groups in total. The van der Waals surface area contributed by atoms with Gasteiger partial charge in [0.2, 0.25) is 11.8 Å². The maximum absolute atomic E-state index is 13.2. The van der Waals surface area contributed by atoms with Gasteiger partial charge in [-0.25, -0.2) is 0 Å². The van der Waals surface area contributed by atoms with Crippen LogP contribution in [0, 0.1) is 24.7 Å². The Labute approximate surface area is 144 Å². The van der Waals surface area contributed by atoms with Crippen molar-refractivity contribution in [2.24, 2.45) is 17.8 Å². The normalized spacial score (nSPS) is 30.8. The Balaban J connectivity index is 1.85. The van der Waals surface area contributed by atoms with Crippen LogP contribution in [0.4, 0.5) is 0 Å². The van der Waals surface area contributed by atoms with Gasteiger partial charge in [-0.2, -0.15) is 0 Å². The molecule has 2 fully saturated rings. The van der Waals surface area contributed by atoms with Crippen molar-refractivity contribution in [2.45, 2.75) is 39.7 Å². The van der Waals surface area contributed by atoms with E-state index in [0.717, 1.165) is 18.7 Å². The summed E-state index contributed by atoms with van der Waals surface area (Å²) in [6.07, 6.45) is 1.50. The van der Waals surface area contributed by atoms with Crippen LogP contribution in [0.15, 0.2) is 24.3 Å². The largest absolute Gasteiger partial charge is 0.342 e. The molecule has 0 unspecified atom stereocenters. The van der Waals surface area contributed by atoms with Crippen LogP contribution in [0.5, 0.6) is 0 Å². The zero-order chi connectivity index (χ0) is 17.4. The molecule has 0 spiro atoms. The molecule has 4 nitrogen and oxygen atoms in total. The number of benzene rings is 1. The summed E-state index contributed by atoms with van der Waals surface area (Å²) in [4.78, 5) is 29.2. The summed E-state index contributed by atoms with van der Waals surface area (Å²) in [6.45, 7) is 8.10. The molecule has 2 amide bonds. The van der Waals surface area contributed by atoms with E-state index in [1.165, 1.54) is 12.0 Å². The molecule has 0 aromatic heterocycles. The second-order valence-electron chi connectivity index (χ2n) is 7.86. The topological polar surface area (TPSA) is 40.6 Å². The highest BCUT2D eigenvalue weighted by Gasteiger charge is 2.44. The molecule has 4 atom stereocenters. The Bertz CT molecular complexity index is 615. The number of amides is 2. The number of piperidine rings is 1. The quantitative estimate of drug-likeness (QED) is 0.837. The lowest BCUT2D eigenvalue weighted by Crippen LogP contribution is -2.46. The molecule has 2 aliphatic rings. The molecule has 0 radical (unpaired) electrons. The molecule has 2 saturated heterocycles. The fourth-order valence-electron chi connectivity index (χ4n) is 4.39. The van der Waals surface area contributed by atoms with Crippen molar-refractivity contribution in [3.63, 3.8) is 0 Å². The van der Waals surface area contributed by atoms with Gasteiger partial charge in [-0.05, 0) is 30.7 Å². The summed E-state index contributed by atoms with van der Waals surface area (Å²) >= 11 is 0. The van der Waals surface area contributed by atoms with Gasteiger partial charge in [-0.3, -0.25) is 9.59 Å². The predicted molar refractivity (Wildman–Crippen MR) is 94.3 cm³/mol. The van der Waals surface area contributed by atoms with Gasteiger partial charge in [-0.1, -0.05) is 43.7 Å². The highest BCUT2D eigenvalue weighted by molar-refractivity contribution is 5.90. The van der Waals surface area contributed by atoms with Gasteiger partial charge in [0, 0.05) is 26.6 Å². The number of nitrogens with zero attached hydrogens (tertiary/aromatic N) is 2. The standard InChI is InChI=1S/C20H28N2O2/c1-13-5-7-16(8-6-13)19-17(10-18(23)21(19)4)20(24)22-11-14(2)9-15(3)12-22/h5-8,14-15,17,19H,9-12H2,1-4H3/t14-,15+,17-,19-/m1/s1. The first-order valence-electron chi connectivity index (χ1n) is 8.97. The van der Waals surface area contributed by atoms with Crippen molar-refractivity contribution in [1.82, 2.24) is 9.80 Å². The Morgan fingerprint density at radius 1 is 1.08 bits per heavy atom. The summed E-state index contributed by atoms with van der Waals surface area (Å²) in [7, 11) is 1.82. The van der Waals surface area contributed by atoms with Crippen molar-refractivity contribution in [3.05, 3.63) is 35.4 Å². The van der Waals surface area contributed by atoms with Crippen LogP contribution < -0.4 is 0 Å². The van der Waals surface area contributed by atoms with Gasteiger partial charge in [0.05, 0.1) is 12.0 Å². The molecule has 4 heteroatoms. The maximum atomic E-state index is 13.2. The predicted octanol–water partition coefficient (Wildman–Crippen LogP) is 3.02. The smallest absolute Gasteiger partial charge is 0.228 e. The van der Waals surface area contributed by atoms with Gasteiger partial charge < -0.3 is 9.80 Å². The lowest BCUT2D eigenvalue weighted by molar-refractivity contribution is -0.139. The third-order valence-corrected chi connectivity index (χ3v) is 5.50. The van der Waals surface area contributed by atoms with Crippen molar-refractivity contribution < 1.29 is 9.59 Å². The van der Waals surface area contributed by atoms with Crippen molar-refractivity contribution >= 4 is 11.8 Å². The van der Waals surface area contributed by atoms with E-state index in [0.29, 0.717) is 18.3 Å². The number of likely N-dealkylation sites (tertiary alicyclic amines) is 2. The molecule has 130 valence electrons. The minimum Gasteiger partial charge on any atom is -0.342 e. The average Bonchev–Trinajstić information content (AvgIpc) is 2.82. The lowest BCUT2D eigenvalue weighted by Gasteiger charge is -2.37. The Hall–Kier alpha value is -1.84. The Morgan fingerprint density at radius 3 is 2.25 bits per heavy atom. The van der Waals surface area contributed by atoms with E-state index in [1.54, 1.807) is 4.90 Å². The van der Waals surface area contributed by atoms with Gasteiger partial charge in [0.25, 0.3) is 0 Å². The van der Waals surface area contributed by atoms with Gasteiger partial charge in [-0.15, -0.1) is 0 Å². The summed E-state index contributed by atoms with van der Waals surface area (Å²) < 4.78 is 0. The van der Waals surface area contributed by atoms with E-state index < -0.39 is 0 Å². The molecule has 24 heavy (non-hydrogen) atoms. The van der Waals surface area contributed by atoms with Crippen molar-refractivity contribution in [3.8, 4) is 0 Å². The van der Waals surface area contributed by atoms with Gasteiger partial charge in [0.1, 0.15) is 0 Å². The number of carbonyl (C=O) groups excluding carboxylic acids is 2. The minimum atomic E-state index is -0.261. The number of hydrogen-bond donors (Lipinski definition) is 0. The number of rotatable bonds is 2. The molecule has 1 aromatic rings. The fourth-order valence-corrected chi connectivity index (χ4v) is 4.39. The molecule has 0 saturated carbocycles. The number of carbonyl (C=O) groups is 2. The average molecular weight is 328 g/mol.